The summed E-state index contributed by atoms with van der Waals surface area (Å²) in [4.78, 5) is 14.3. The summed E-state index contributed by atoms with van der Waals surface area (Å²) < 4.78 is 48.7. The molecule has 0 saturated carbocycles. The molecule has 2 aromatic rings. The number of carbonyl (C=O) groups is 1. The molecule has 1 fully saturated rings. The van der Waals surface area contributed by atoms with Gasteiger partial charge in [-0.1, -0.05) is 11.6 Å². The Bertz CT molecular complexity index is 860. The maximum Gasteiger partial charge on any atom is 0.416 e. The van der Waals surface area contributed by atoms with E-state index in [4.69, 9.17) is 21.1 Å². The minimum absolute atomic E-state index is 0.0423. The van der Waals surface area contributed by atoms with E-state index >= 15 is 0 Å². The molecule has 9 heteroatoms. The van der Waals surface area contributed by atoms with Gasteiger partial charge in [0.05, 0.1) is 12.2 Å². The van der Waals surface area contributed by atoms with Crippen molar-refractivity contribution in [1.29, 1.82) is 0 Å². The zero-order chi connectivity index (χ0) is 23.0. The summed E-state index contributed by atoms with van der Waals surface area (Å²) >= 11 is 5.82. The van der Waals surface area contributed by atoms with Crippen LogP contribution >= 0.6 is 11.6 Å². The number of likely N-dealkylation sites (tertiary alicyclic amines) is 1. The van der Waals surface area contributed by atoms with E-state index in [0.717, 1.165) is 44.6 Å². The lowest BCUT2D eigenvalue weighted by molar-refractivity contribution is -0.137. The maximum atomic E-state index is 12.6. The first-order valence-electron chi connectivity index (χ1n) is 10.5. The van der Waals surface area contributed by atoms with E-state index in [1.54, 1.807) is 24.3 Å². The monoisotopic (exact) mass is 470 g/mol. The Morgan fingerprint density at radius 2 is 1.72 bits per heavy atom. The summed E-state index contributed by atoms with van der Waals surface area (Å²) in [6.45, 7) is 3.66. The van der Waals surface area contributed by atoms with E-state index in [1.807, 2.05) is 0 Å². The zero-order valence-corrected chi connectivity index (χ0v) is 18.3. The van der Waals surface area contributed by atoms with Gasteiger partial charge in [0.25, 0.3) is 5.91 Å². The smallest absolute Gasteiger partial charge is 0.416 e. The molecule has 5 nitrogen and oxygen atoms in total. The Morgan fingerprint density at radius 3 is 2.41 bits per heavy atom. The lowest BCUT2D eigenvalue weighted by Crippen LogP contribution is -2.34. The molecule has 0 radical (unpaired) electrons. The van der Waals surface area contributed by atoms with Crippen molar-refractivity contribution in [3.8, 4) is 11.5 Å². The lowest BCUT2D eigenvalue weighted by Gasteiger charge is -2.16. The minimum atomic E-state index is -4.34. The number of halogens is 4. The second-order valence-electron chi connectivity index (χ2n) is 7.73. The normalized spacial score (nSPS) is 16.7. The zero-order valence-electron chi connectivity index (χ0n) is 17.5. The van der Waals surface area contributed by atoms with Gasteiger partial charge in [0.2, 0.25) is 0 Å². The molecule has 0 spiro atoms. The van der Waals surface area contributed by atoms with Gasteiger partial charge in [-0.15, -0.1) is 0 Å². The van der Waals surface area contributed by atoms with Gasteiger partial charge in [-0.3, -0.25) is 4.79 Å². The van der Waals surface area contributed by atoms with Crippen LogP contribution in [0, 0.1) is 5.92 Å². The van der Waals surface area contributed by atoms with E-state index in [9.17, 15) is 18.0 Å². The Balaban J connectivity index is 1.26. The number of ether oxygens (including phenoxy) is 2. The maximum absolute atomic E-state index is 12.6. The lowest BCUT2D eigenvalue weighted by atomic mass is 10.1. The summed E-state index contributed by atoms with van der Waals surface area (Å²) in [5.74, 6) is 1.24. The van der Waals surface area contributed by atoms with Crippen molar-refractivity contribution in [3.05, 3.63) is 59.1 Å². The summed E-state index contributed by atoms with van der Waals surface area (Å²) in [5.41, 5.74) is -0.684. The van der Waals surface area contributed by atoms with Crippen molar-refractivity contribution in [1.82, 2.24) is 10.2 Å². The Morgan fingerprint density at radius 1 is 1.06 bits per heavy atom. The fourth-order valence-corrected chi connectivity index (χ4v) is 3.62. The van der Waals surface area contributed by atoms with Gasteiger partial charge in [0.15, 0.2) is 6.61 Å². The Hall–Kier alpha value is -2.45. The molecule has 3 rings (SSSR count). The van der Waals surface area contributed by atoms with Crippen LogP contribution in [0.1, 0.15) is 18.4 Å². The molecule has 1 N–H and O–H groups in total. The molecule has 0 aromatic heterocycles. The molecular formula is C23H26ClF3N2O3. The average molecular weight is 471 g/mol. The molecule has 32 heavy (non-hydrogen) atoms. The van der Waals surface area contributed by atoms with Crippen molar-refractivity contribution in [2.45, 2.75) is 19.0 Å². The van der Waals surface area contributed by atoms with E-state index in [2.05, 4.69) is 10.2 Å². The predicted octanol–water partition coefficient (Wildman–Crippen LogP) is 4.64. The third-order valence-corrected chi connectivity index (χ3v) is 5.46. The quantitative estimate of drug-likeness (QED) is 0.514. The van der Waals surface area contributed by atoms with E-state index in [0.29, 0.717) is 35.6 Å². The topological polar surface area (TPSA) is 50.8 Å². The van der Waals surface area contributed by atoms with Crippen LogP contribution in [0.4, 0.5) is 13.2 Å². The number of hydrogen-bond donors (Lipinski definition) is 1. The third-order valence-electron chi connectivity index (χ3n) is 5.21. The van der Waals surface area contributed by atoms with Crippen molar-refractivity contribution >= 4 is 17.5 Å². The molecule has 1 heterocycles. The molecule has 1 aliphatic rings. The van der Waals surface area contributed by atoms with Crippen LogP contribution < -0.4 is 14.8 Å². The molecule has 1 atom stereocenters. The number of hydrogen-bond acceptors (Lipinski definition) is 4. The van der Waals surface area contributed by atoms with E-state index < -0.39 is 11.7 Å². The van der Waals surface area contributed by atoms with Crippen LogP contribution in [0.3, 0.4) is 0 Å². The van der Waals surface area contributed by atoms with Gasteiger partial charge in [-0.25, -0.2) is 0 Å². The van der Waals surface area contributed by atoms with Crippen LogP contribution in [-0.4, -0.2) is 50.2 Å². The molecule has 1 unspecified atom stereocenters. The standard InChI is InChI=1S/C23H26ClF3N2O3/c24-19-4-8-21(9-5-19)32-16-22(30)28-14-17-10-12-29(15-17)11-1-13-31-20-6-2-18(3-7-20)23(25,26)27/h2-9,17H,1,10-16H2,(H,28,30). The fraction of sp³-hybridized carbons (Fsp3) is 0.435. The minimum Gasteiger partial charge on any atom is -0.494 e. The van der Waals surface area contributed by atoms with Crippen molar-refractivity contribution in [2.24, 2.45) is 5.92 Å². The van der Waals surface area contributed by atoms with Crippen LogP contribution in [0.25, 0.3) is 0 Å². The van der Waals surface area contributed by atoms with Crippen LogP contribution in [0.15, 0.2) is 48.5 Å². The van der Waals surface area contributed by atoms with Crippen molar-refractivity contribution in [2.75, 3.05) is 39.4 Å². The van der Waals surface area contributed by atoms with Gasteiger partial charge >= 0.3 is 6.18 Å². The van der Waals surface area contributed by atoms with Crippen LogP contribution in [-0.2, 0) is 11.0 Å². The van der Waals surface area contributed by atoms with Crippen LogP contribution in [0.2, 0.25) is 5.02 Å². The first-order chi connectivity index (χ1) is 15.3. The summed E-state index contributed by atoms with van der Waals surface area (Å²) in [6.07, 6.45) is -2.57. The second-order valence-corrected chi connectivity index (χ2v) is 8.16. The van der Waals surface area contributed by atoms with Gasteiger partial charge in [-0.05, 0) is 73.8 Å². The molecule has 174 valence electrons. The highest BCUT2D eigenvalue weighted by Crippen LogP contribution is 2.30. The summed E-state index contributed by atoms with van der Waals surface area (Å²) in [7, 11) is 0. The number of nitrogens with one attached hydrogen (secondary N) is 1. The van der Waals surface area contributed by atoms with E-state index in [-0.39, 0.29) is 12.5 Å². The van der Waals surface area contributed by atoms with E-state index in [1.165, 1.54) is 12.1 Å². The van der Waals surface area contributed by atoms with Crippen molar-refractivity contribution in [3.63, 3.8) is 0 Å². The molecular weight excluding hydrogens is 445 g/mol. The second kappa shape index (κ2) is 11.4. The Labute approximate surface area is 190 Å². The highest BCUT2D eigenvalue weighted by Gasteiger charge is 2.30. The highest BCUT2D eigenvalue weighted by molar-refractivity contribution is 6.30. The molecule has 1 amide bonds. The first kappa shape index (κ1) is 24.2. The number of nitrogens with zero attached hydrogens (tertiary/aromatic N) is 1. The molecule has 0 bridgehead atoms. The summed E-state index contributed by atoms with van der Waals surface area (Å²) in [6, 6.07) is 11.6. The highest BCUT2D eigenvalue weighted by atomic mass is 35.5. The first-order valence-corrected chi connectivity index (χ1v) is 10.8. The fourth-order valence-electron chi connectivity index (χ4n) is 3.49. The van der Waals surface area contributed by atoms with Crippen molar-refractivity contribution < 1.29 is 27.4 Å². The van der Waals surface area contributed by atoms with Gasteiger partial charge in [-0.2, -0.15) is 13.2 Å². The average Bonchev–Trinajstić information content (AvgIpc) is 3.22. The molecule has 1 aliphatic heterocycles. The van der Waals surface area contributed by atoms with Crippen LogP contribution in [0.5, 0.6) is 11.5 Å². The molecule has 2 aromatic carbocycles. The molecule has 0 aliphatic carbocycles. The van der Waals surface area contributed by atoms with Gasteiger partial charge in [0, 0.05) is 24.7 Å². The number of benzene rings is 2. The van der Waals surface area contributed by atoms with Gasteiger partial charge < -0.3 is 19.7 Å². The number of carbonyl (C=O) groups excluding carboxylic acids is 1. The number of alkyl halides is 3. The molecule has 1 saturated heterocycles. The number of amides is 1. The SMILES string of the molecule is O=C(COc1ccc(Cl)cc1)NCC1CCN(CCCOc2ccc(C(F)(F)F)cc2)C1. The predicted molar refractivity (Wildman–Crippen MR) is 116 cm³/mol. The third kappa shape index (κ3) is 7.91. The number of rotatable bonds is 10. The Kier molecular flexibility index (Phi) is 8.64. The largest absolute Gasteiger partial charge is 0.494 e. The summed E-state index contributed by atoms with van der Waals surface area (Å²) in [5, 5.41) is 3.52. The van der Waals surface area contributed by atoms with Gasteiger partial charge in [0.1, 0.15) is 11.5 Å².